The van der Waals surface area contributed by atoms with Gasteiger partial charge in [0.25, 0.3) is 0 Å². The van der Waals surface area contributed by atoms with Crippen molar-refractivity contribution < 1.29 is 0 Å². The fraction of sp³-hybridized carbons (Fsp3) is 0.231. The number of nitrogens with zero attached hydrogens (tertiary/aromatic N) is 2. The molecule has 18 heavy (non-hydrogen) atoms. The third kappa shape index (κ3) is 2.71. The molecule has 0 fully saturated rings. The van der Waals surface area contributed by atoms with Crippen molar-refractivity contribution in [3.05, 3.63) is 41.2 Å². The normalized spacial score (nSPS) is 10.7. The Morgan fingerprint density at radius 1 is 1.17 bits per heavy atom. The first-order valence-electron chi connectivity index (χ1n) is 5.71. The molecule has 0 saturated carbocycles. The molecule has 3 N–H and O–H groups in total. The largest absolute Gasteiger partial charge is 0.383 e. The summed E-state index contributed by atoms with van der Waals surface area (Å²) in [7, 11) is 0. The van der Waals surface area contributed by atoms with Crippen LogP contribution in [0.5, 0.6) is 0 Å². The second kappa shape index (κ2) is 5.23. The third-order valence-corrected chi connectivity index (χ3v) is 2.85. The topological polar surface area (TPSA) is 63.8 Å². The quantitative estimate of drug-likeness (QED) is 0.887. The van der Waals surface area contributed by atoms with Gasteiger partial charge in [-0.3, -0.25) is 0 Å². The molecule has 1 heterocycles. The van der Waals surface area contributed by atoms with Gasteiger partial charge in [0.05, 0.1) is 0 Å². The van der Waals surface area contributed by atoms with Crippen LogP contribution in [0.2, 0.25) is 5.02 Å². The van der Waals surface area contributed by atoms with Crippen LogP contribution in [0.15, 0.2) is 30.6 Å². The maximum atomic E-state index is 5.89. The van der Waals surface area contributed by atoms with E-state index in [9.17, 15) is 0 Å². The van der Waals surface area contributed by atoms with Gasteiger partial charge in [0.1, 0.15) is 18.0 Å². The summed E-state index contributed by atoms with van der Waals surface area (Å²) in [5.74, 6) is 1.50. The van der Waals surface area contributed by atoms with Gasteiger partial charge in [-0.15, -0.1) is 0 Å². The summed E-state index contributed by atoms with van der Waals surface area (Å²) in [5, 5.41) is 3.93. The standard InChI is InChI=1S/C13H15ClN4/c1-8(2)11-12(15)16-7-17-13(11)18-10-5-3-9(14)4-6-10/h3-8H,1-2H3,(H3,15,16,17,18). The number of nitrogen functional groups attached to an aromatic ring is 1. The maximum absolute atomic E-state index is 5.89. The average Bonchev–Trinajstić information content (AvgIpc) is 2.32. The van der Waals surface area contributed by atoms with E-state index in [1.165, 1.54) is 6.33 Å². The van der Waals surface area contributed by atoms with E-state index in [-0.39, 0.29) is 5.92 Å². The third-order valence-electron chi connectivity index (χ3n) is 2.60. The van der Waals surface area contributed by atoms with Gasteiger partial charge in [-0.05, 0) is 30.2 Å². The number of nitrogens with one attached hydrogen (secondary N) is 1. The molecule has 0 unspecified atom stereocenters. The van der Waals surface area contributed by atoms with E-state index in [2.05, 4.69) is 29.1 Å². The van der Waals surface area contributed by atoms with Crippen molar-refractivity contribution in [2.24, 2.45) is 0 Å². The second-order valence-electron chi connectivity index (χ2n) is 4.31. The first kappa shape index (κ1) is 12.6. The summed E-state index contributed by atoms with van der Waals surface area (Å²) in [5.41, 5.74) is 7.73. The highest BCUT2D eigenvalue weighted by Gasteiger charge is 2.12. The van der Waals surface area contributed by atoms with Crippen LogP contribution in [0.1, 0.15) is 25.3 Å². The van der Waals surface area contributed by atoms with Crippen molar-refractivity contribution in [3.8, 4) is 0 Å². The molecule has 0 aliphatic heterocycles. The van der Waals surface area contributed by atoms with E-state index >= 15 is 0 Å². The lowest BCUT2D eigenvalue weighted by molar-refractivity contribution is 0.855. The molecule has 5 heteroatoms. The molecule has 0 saturated heterocycles. The van der Waals surface area contributed by atoms with Gasteiger partial charge in [-0.1, -0.05) is 25.4 Å². The van der Waals surface area contributed by atoms with Crippen molar-refractivity contribution in [1.82, 2.24) is 9.97 Å². The summed E-state index contributed by atoms with van der Waals surface area (Å²) in [4.78, 5) is 8.27. The molecule has 0 radical (unpaired) electrons. The van der Waals surface area contributed by atoms with Crippen molar-refractivity contribution >= 4 is 28.9 Å². The minimum atomic E-state index is 0.251. The Morgan fingerprint density at radius 2 is 1.83 bits per heavy atom. The number of rotatable bonds is 3. The average molecular weight is 263 g/mol. The highest BCUT2D eigenvalue weighted by molar-refractivity contribution is 6.30. The lowest BCUT2D eigenvalue weighted by atomic mass is 10.0. The van der Waals surface area contributed by atoms with Crippen LogP contribution < -0.4 is 11.1 Å². The van der Waals surface area contributed by atoms with Crippen molar-refractivity contribution in [1.29, 1.82) is 0 Å². The van der Waals surface area contributed by atoms with Crippen LogP contribution in [0.25, 0.3) is 0 Å². The minimum Gasteiger partial charge on any atom is -0.383 e. The molecule has 0 bridgehead atoms. The SMILES string of the molecule is CC(C)c1c(N)ncnc1Nc1ccc(Cl)cc1. The zero-order valence-corrected chi connectivity index (χ0v) is 11.1. The molecule has 2 rings (SSSR count). The van der Waals surface area contributed by atoms with Crippen molar-refractivity contribution in [2.45, 2.75) is 19.8 Å². The summed E-state index contributed by atoms with van der Waals surface area (Å²) >= 11 is 5.85. The Balaban J connectivity index is 2.34. The number of anilines is 3. The van der Waals surface area contributed by atoms with Crippen molar-refractivity contribution in [2.75, 3.05) is 11.1 Å². The summed E-state index contributed by atoms with van der Waals surface area (Å²) < 4.78 is 0. The monoisotopic (exact) mass is 262 g/mol. The lowest BCUT2D eigenvalue weighted by Crippen LogP contribution is -2.06. The molecule has 0 aliphatic carbocycles. The van der Waals surface area contributed by atoms with Crippen LogP contribution >= 0.6 is 11.6 Å². The van der Waals surface area contributed by atoms with Gasteiger partial charge in [0.15, 0.2) is 0 Å². The van der Waals surface area contributed by atoms with Gasteiger partial charge >= 0.3 is 0 Å². The van der Waals surface area contributed by atoms with Crippen molar-refractivity contribution in [3.63, 3.8) is 0 Å². The van der Waals surface area contributed by atoms with Gasteiger partial charge in [-0.2, -0.15) is 0 Å². The molecular formula is C13H15ClN4. The lowest BCUT2D eigenvalue weighted by Gasteiger charge is -2.14. The molecule has 0 atom stereocenters. The first-order chi connectivity index (χ1) is 8.58. The van der Waals surface area contributed by atoms with E-state index in [4.69, 9.17) is 17.3 Å². The number of benzene rings is 1. The molecule has 1 aromatic carbocycles. The van der Waals surface area contributed by atoms with Gasteiger partial charge in [-0.25, -0.2) is 9.97 Å². The van der Waals surface area contributed by atoms with E-state index in [0.717, 1.165) is 17.1 Å². The Hall–Kier alpha value is -1.81. The fourth-order valence-electron chi connectivity index (χ4n) is 1.75. The Morgan fingerprint density at radius 3 is 2.44 bits per heavy atom. The fourth-order valence-corrected chi connectivity index (χ4v) is 1.87. The number of aromatic nitrogens is 2. The molecule has 4 nitrogen and oxygen atoms in total. The zero-order valence-electron chi connectivity index (χ0n) is 10.3. The highest BCUT2D eigenvalue weighted by Crippen LogP contribution is 2.28. The Labute approximate surface area is 111 Å². The predicted octanol–water partition coefficient (Wildman–Crippen LogP) is 3.58. The Kier molecular flexibility index (Phi) is 3.67. The van der Waals surface area contributed by atoms with Gasteiger partial charge in [0, 0.05) is 16.3 Å². The van der Waals surface area contributed by atoms with Gasteiger partial charge in [0.2, 0.25) is 0 Å². The summed E-state index contributed by atoms with van der Waals surface area (Å²) in [6, 6.07) is 7.43. The first-order valence-corrected chi connectivity index (χ1v) is 6.08. The number of halogens is 1. The molecule has 1 aromatic heterocycles. The van der Waals surface area contributed by atoms with Crippen LogP contribution in [-0.4, -0.2) is 9.97 Å². The molecule has 2 aromatic rings. The van der Waals surface area contributed by atoms with Crippen LogP contribution in [-0.2, 0) is 0 Å². The Bertz CT molecular complexity index is 537. The number of hydrogen-bond acceptors (Lipinski definition) is 4. The van der Waals surface area contributed by atoms with Gasteiger partial charge < -0.3 is 11.1 Å². The van der Waals surface area contributed by atoms with E-state index in [0.29, 0.717) is 10.8 Å². The minimum absolute atomic E-state index is 0.251. The van der Waals surface area contributed by atoms with Crippen LogP contribution in [0.3, 0.4) is 0 Å². The molecule has 0 aliphatic rings. The number of nitrogens with two attached hydrogens (primary N) is 1. The van der Waals surface area contributed by atoms with E-state index in [1.807, 2.05) is 24.3 Å². The number of hydrogen-bond donors (Lipinski definition) is 2. The molecule has 0 spiro atoms. The van der Waals surface area contributed by atoms with E-state index in [1.54, 1.807) is 0 Å². The predicted molar refractivity (Wildman–Crippen MR) is 75.3 cm³/mol. The highest BCUT2D eigenvalue weighted by atomic mass is 35.5. The second-order valence-corrected chi connectivity index (χ2v) is 4.74. The smallest absolute Gasteiger partial charge is 0.139 e. The molecule has 94 valence electrons. The molecular weight excluding hydrogens is 248 g/mol. The summed E-state index contributed by atoms with van der Waals surface area (Å²) in [6.45, 7) is 4.12. The van der Waals surface area contributed by atoms with Crippen LogP contribution in [0, 0.1) is 0 Å². The van der Waals surface area contributed by atoms with Crippen LogP contribution in [0.4, 0.5) is 17.3 Å². The zero-order chi connectivity index (χ0) is 13.1. The van der Waals surface area contributed by atoms with E-state index < -0.39 is 0 Å². The summed E-state index contributed by atoms with van der Waals surface area (Å²) in [6.07, 6.45) is 1.46. The maximum Gasteiger partial charge on any atom is 0.139 e. The molecule has 0 amide bonds.